The Bertz CT molecular complexity index is 432. The van der Waals surface area contributed by atoms with E-state index < -0.39 is 0 Å². The van der Waals surface area contributed by atoms with Gasteiger partial charge in [-0.25, -0.2) is 0 Å². The summed E-state index contributed by atoms with van der Waals surface area (Å²) < 4.78 is 6.37. The van der Waals surface area contributed by atoms with Crippen LogP contribution < -0.4 is 5.32 Å². The molecule has 1 aliphatic heterocycles. The van der Waals surface area contributed by atoms with E-state index in [2.05, 4.69) is 28.2 Å². The van der Waals surface area contributed by atoms with Crippen molar-refractivity contribution in [2.45, 2.75) is 25.9 Å². The average Bonchev–Trinajstić information content (AvgIpc) is 2.85. The van der Waals surface area contributed by atoms with Crippen LogP contribution in [0.5, 0.6) is 0 Å². The lowest BCUT2D eigenvalue weighted by molar-refractivity contribution is -0.137. The van der Waals surface area contributed by atoms with Gasteiger partial charge in [0.15, 0.2) is 0 Å². The van der Waals surface area contributed by atoms with Gasteiger partial charge in [0.1, 0.15) is 0 Å². The molecule has 0 saturated carbocycles. The van der Waals surface area contributed by atoms with Gasteiger partial charge in [0, 0.05) is 28.5 Å². The van der Waals surface area contributed by atoms with Crippen molar-refractivity contribution in [1.29, 1.82) is 0 Å². The van der Waals surface area contributed by atoms with Crippen molar-refractivity contribution < 1.29 is 9.53 Å². The zero-order valence-electron chi connectivity index (χ0n) is 11.2. The Morgan fingerprint density at radius 1 is 1.47 bits per heavy atom. The molecule has 2 rings (SSSR count). The Hall–Kier alpha value is -0.430. The predicted octanol–water partition coefficient (Wildman–Crippen LogP) is 2.41. The molecular weight excluding hydrogens is 328 g/mol. The fourth-order valence-electron chi connectivity index (χ4n) is 2.19. The summed E-state index contributed by atoms with van der Waals surface area (Å²) in [7, 11) is 0. The summed E-state index contributed by atoms with van der Waals surface area (Å²) in [4.78, 5) is 15.4. The van der Waals surface area contributed by atoms with E-state index in [1.165, 1.54) is 4.88 Å². The second-order valence-corrected chi connectivity index (χ2v) is 6.48. The van der Waals surface area contributed by atoms with Crippen LogP contribution in [0.3, 0.4) is 0 Å². The topological polar surface area (TPSA) is 41.6 Å². The van der Waals surface area contributed by atoms with E-state index in [4.69, 9.17) is 4.74 Å². The highest BCUT2D eigenvalue weighted by atomic mass is 79.9. The first-order valence-corrected chi connectivity index (χ1v) is 8.12. The molecule has 6 heteroatoms. The van der Waals surface area contributed by atoms with Crippen molar-refractivity contribution >= 4 is 33.2 Å². The highest BCUT2D eigenvalue weighted by Crippen LogP contribution is 2.29. The molecule has 1 aliphatic rings. The molecule has 2 atom stereocenters. The maximum absolute atomic E-state index is 12.3. The van der Waals surface area contributed by atoms with Crippen molar-refractivity contribution in [2.24, 2.45) is 0 Å². The van der Waals surface area contributed by atoms with Gasteiger partial charge in [-0.3, -0.25) is 10.1 Å². The number of ether oxygens (including phenoxy) is 1. The van der Waals surface area contributed by atoms with Crippen LogP contribution >= 0.6 is 27.3 Å². The quantitative estimate of drug-likeness (QED) is 0.910. The summed E-state index contributed by atoms with van der Waals surface area (Å²) in [5, 5.41) is 5.42. The molecule has 1 aromatic rings. The lowest BCUT2D eigenvalue weighted by atomic mass is 10.2. The van der Waals surface area contributed by atoms with Gasteiger partial charge in [-0.05, 0) is 41.2 Å². The predicted molar refractivity (Wildman–Crippen MR) is 80.4 cm³/mol. The minimum Gasteiger partial charge on any atom is -0.378 e. The Morgan fingerprint density at radius 2 is 2.16 bits per heavy atom. The third kappa shape index (κ3) is 3.78. The number of amides is 1. The summed E-state index contributed by atoms with van der Waals surface area (Å²) >= 11 is 5.22. The van der Waals surface area contributed by atoms with E-state index >= 15 is 0 Å². The number of halogens is 1. The number of carbonyl (C=O) groups is 1. The van der Waals surface area contributed by atoms with Crippen LogP contribution in [0.1, 0.15) is 24.8 Å². The van der Waals surface area contributed by atoms with Gasteiger partial charge in [-0.2, -0.15) is 0 Å². The molecule has 0 aliphatic carbocycles. The molecule has 0 aromatic carbocycles. The molecule has 1 fully saturated rings. The Labute approximate surface area is 126 Å². The molecule has 0 spiro atoms. The number of morpholine rings is 1. The number of carbonyl (C=O) groups excluding carboxylic acids is 1. The smallest absolute Gasteiger partial charge is 0.239 e. The molecule has 2 heterocycles. The summed E-state index contributed by atoms with van der Waals surface area (Å²) in [6.07, 6.45) is 0. The molecule has 2 unspecified atom stereocenters. The second-order valence-electron chi connectivity index (χ2n) is 4.68. The van der Waals surface area contributed by atoms with Gasteiger partial charge >= 0.3 is 0 Å². The zero-order valence-corrected chi connectivity index (χ0v) is 13.6. The minimum atomic E-state index is -0.179. The Balaban J connectivity index is 1.91. The first kappa shape index (κ1) is 15.0. The van der Waals surface area contributed by atoms with Crippen LogP contribution in [0.4, 0.5) is 0 Å². The summed E-state index contributed by atoms with van der Waals surface area (Å²) in [5.74, 6) is 0.155. The highest BCUT2D eigenvalue weighted by molar-refractivity contribution is 9.10. The van der Waals surface area contributed by atoms with Gasteiger partial charge in [-0.1, -0.05) is 0 Å². The van der Waals surface area contributed by atoms with E-state index in [0.717, 1.165) is 4.47 Å². The van der Waals surface area contributed by atoms with E-state index in [0.29, 0.717) is 26.3 Å². The second kappa shape index (κ2) is 6.83. The highest BCUT2D eigenvalue weighted by Gasteiger charge is 2.24. The monoisotopic (exact) mass is 346 g/mol. The van der Waals surface area contributed by atoms with Crippen LogP contribution in [0, 0.1) is 0 Å². The van der Waals surface area contributed by atoms with Crippen molar-refractivity contribution in [2.75, 3.05) is 26.3 Å². The number of rotatable bonds is 4. The third-order valence-corrected chi connectivity index (χ3v) is 5.28. The number of thiophene rings is 1. The zero-order chi connectivity index (χ0) is 13.8. The first-order valence-electron chi connectivity index (χ1n) is 6.45. The van der Waals surface area contributed by atoms with Crippen molar-refractivity contribution in [1.82, 2.24) is 10.2 Å². The third-order valence-electron chi connectivity index (χ3n) is 3.23. The first-order chi connectivity index (χ1) is 9.09. The fraction of sp³-hybridized carbons (Fsp3) is 0.615. The number of nitrogens with zero attached hydrogens (tertiary/aromatic N) is 1. The van der Waals surface area contributed by atoms with Gasteiger partial charge in [0.2, 0.25) is 5.91 Å². The molecule has 19 heavy (non-hydrogen) atoms. The molecule has 1 amide bonds. The van der Waals surface area contributed by atoms with E-state index in [-0.39, 0.29) is 18.0 Å². The van der Waals surface area contributed by atoms with E-state index in [1.807, 2.05) is 23.3 Å². The molecule has 1 aromatic heterocycles. The molecule has 4 nitrogen and oxygen atoms in total. The standard InChI is InChI=1S/C13H19BrN2O2S/c1-9(12-11(14)3-8-19-12)15-10(2)13(17)16-4-6-18-7-5-16/h3,8-10,15H,4-7H2,1-2H3. The van der Waals surface area contributed by atoms with Crippen molar-refractivity contribution in [3.63, 3.8) is 0 Å². The SMILES string of the molecule is CC(NC(C)c1sccc1Br)C(=O)N1CCOCC1. The van der Waals surface area contributed by atoms with E-state index in [9.17, 15) is 4.79 Å². The van der Waals surface area contributed by atoms with Crippen LogP contribution in [-0.2, 0) is 9.53 Å². The molecular formula is C13H19BrN2O2S. The molecule has 0 bridgehead atoms. The lowest BCUT2D eigenvalue weighted by Crippen LogP contribution is -2.49. The fourth-order valence-corrected chi connectivity index (χ4v) is 3.93. The van der Waals surface area contributed by atoms with Crippen LogP contribution in [0.15, 0.2) is 15.9 Å². The number of hydrogen-bond acceptors (Lipinski definition) is 4. The van der Waals surface area contributed by atoms with Crippen molar-refractivity contribution in [3.8, 4) is 0 Å². The van der Waals surface area contributed by atoms with Gasteiger partial charge in [-0.15, -0.1) is 11.3 Å². The Kier molecular flexibility index (Phi) is 5.38. The molecule has 1 saturated heterocycles. The maximum Gasteiger partial charge on any atom is 0.239 e. The largest absolute Gasteiger partial charge is 0.378 e. The van der Waals surface area contributed by atoms with Crippen LogP contribution in [-0.4, -0.2) is 43.2 Å². The normalized spacial score (nSPS) is 19.2. The lowest BCUT2D eigenvalue weighted by Gasteiger charge is -2.30. The number of nitrogens with one attached hydrogen (secondary N) is 1. The van der Waals surface area contributed by atoms with Gasteiger partial charge < -0.3 is 9.64 Å². The molecule has 0 radical (unpaired) electrons. The van der Waals surface area contributed by atoms with Crippen LogP contribution in [0.25, 0.3) is 0 Å². The van der Waals surface area contributed by atoms with Crippen molar-refractivity contribution in [3.05, 3.63) is 20.8 Å². The van der Waals surface area contributed by atoms with Gasteiger partial charge in [0.25, 0.3) is 0 Å². The van der Waals surface area contributed by atoms with Gasteiger partial charge in [0.05, 0.1) is 19.3 Å². The molecule has 1 N–H and O–H groups in total. The Morgan fingerprint density at radius 3 is 2.74 bits per heavy atom. The molecule has 106 valence electrons. The van der Waals surface area contributed by atoms with Crippen LogP contribution in [0.2, 0.25) is 0 Å². The summed E-state index contributed by atoms with van der Waals surface area (Å²) in [5.41, 5.74) is 0. The maximum atomic E-state index is 12.3. The van der Waals surface area contributed by atoms with E-state index in [1.54, 1.807) is 11.3 Å². The summed E-state index contributed by atoms with van der Waals surface area (Å²) in [6.45, 7) is 6.69. The summed E-state index contributed by atoms with van der Waals surface area (Å²) in [6, 6.07) is 2.02. The average molecular weight is 347 g/mol. The number of hydrogen-bond donors (Lipinski definition) is 1. The minimum absolute atomic E-state index is 0.155.